The number of rotatable bonds is 5. The van der Waals surface area contributed by atoms with Gasteiger partial charge in [0.1, 0.15) is 17.9 Å². The molecule has 0 radical (unpaired) electrons. The molecule has 1 aromatic carbocycles. The minimum atomic E-state index is -0.996. The van der Waals surface area contributed by atoms with Gasteiger partial charge >= 0.3 is 5.97 Å². The molecule has 2 rings (SSSR count). The van der Waals surface area contributed by atoms with Gasteiger partial charge in [-0.05, 0) is 88.6 Å². The molecule has 1 aliphatic rings. The molecule has 5 nitrogen and oxygen atoms in total. The van der Waals surface area contributed by atoms with Crippen molar-refractivity contribution in [2.24, 2.45) is 5.73 Å². The number of carboxylic acids is 1. The number of ether oxygens (including phenoxy) is 1. The van der Waals surface area contributed by atoms with Crippen molar-refractivity contribution in [3.05, 3.63) is 24.8 Å². The van der Waals surface area contributed by atoms with Crippen molar-refractivity contribution in [1.29, 1.82) is 0 Å². The lowest BCUT2D eigenvalue weighted by atomic mass is 9.95. The summed E-state index contributed by atoms with van der Waals surface area (Å²) in [4.78, 5) is 10.9. The Bertz CT molecular complexity index is 561. The van der Waals surface area contributed by atoms with Crippen molar-refractivity contribution in [3.8, 4) is 5.75 Å². The minimum Gasteiger partial charge on any atom is -0.488 e. The number of halogens is 3. The highest BCUT2D eigenvalue weighted by Gasteiger charge is 2.29. The lowest BCUT2D eigenvalue weighted by Gasteiger charge is -2.31. The molecule has 1 fully saturated rings. The first-order valence-corrected chi connectivity index (χ1v) is 10.6. The van der Waals surface area contributed by atoms with E-state index in [0.29, 0.717) is 6.42 Å². The number of benzene rings is 1. The smallest absolute Gasteiger partial charge is 0.320 e. The highest BCUT2D eigenvalue weighted by molar-refractivity contribution is 14.1. The number of hydrogen-bond donors (Lipinski definition) is 3. The quantitative estimate of drug-likeness (QED) is 0.335. The number of nitrogens with two attached hydrogens (primary N) is 1. The molecule has 0 saturated heterocycles. The molecule has 0 aromatic heterocycles. The van der Waals surface area contributed by atoms with Crippen molar-refractivity contribution >= 4 is 73.7 Å². The highest BCUT2D eigenvalue weighted by atomic mass is 127. The Morgan fingerprint density at radius 1 is 1.35 bits per heavy atom. The number of aliphatic hydroxyl groups is 1. The third-order valence-corrected chi connectivity index (χ3v) is 6.75. The maximum atomic E-state index is 10.9. The summed E-state index contributed by atoms with van der Waals surface area (Å²) in [6.45, 7) is 0. The van der Waals surface area contributed by atoms with Crippen molar-refractivity contribution in [2.45, 2.75) is 47.9 Å². The van der Waals surface area contributed by atoms with Gasteiger partial charge in [-0.25, -0.2) is 0 Å². The Hall–Kier alpha value is 0.600. The summed E-state index contributed by atoms with van der Waals surface area (Å²) in [5.74, 6) is -0.159. The Morgan fingerprint density at radius 3 is 2.48 bits per heavy atom. The Balaban J connectivity index is 2.10. The maximum absolute atomic E-state index is 10.9. The summed E-state index contributed by atoms with van der Waals surface area (Å²) >= 11 is 6.70. The van der Waals surface area contributed by atoms with Crippen LogP contribution in [0.1, 0.15) is 24.8 Å². The molecule has 0 aliphatic heterocycles. The third-order valence-electron chi connectivity index (χ3n) is 3.81. The fourth-order valence-corrected chi connectivity index (χ4v) is 5.60. The zero-order valence-corrected chi connectivity index (χ0v) is 18.7. The normalized spacial score (nSPS) is 25.9. The Kier molecular flexibility index (Phi) is 7.63. The van der Waals surface area contributed by atoms with E-state index < -0.39 is 12.0 Å². The molecular weight excluding hydrogens is 639 g/mol. The van der Waals surface area contributed by atoms with E-state index in [1.54, 1.807) is 0 Å². The minimum absolute atomic E-state index is 0.106. The predicted octanol–water partition coefficient (Wildman–Crippen LogP) is 2.95. The molecule has 4 N–H and O–H groups in total. The van der Waals surface area contributed by atoms with Gasteiger partial charge in [0.25, 0.3) is 0 Å². The molecule has 0 amide bonds. The van der Waals surface area contributed by atoms with E-state index >= 15 is 0 Å². The molecule has 8 heteroatoms. The van der Waals surface area contributed by atoms with Gasteiger partial charge in [0.15, 0.2) is 0 Å². The van der Waals surface area contributed by atoms with Crippen molar-refractivity contribution in [2.75, 3.05) is 0 Å². The standard InChI is InChI=1S/C15H18I3NO4/c16-9-6-8(1-2-13(9)20)23-14-10(17)3-7(4-11(14)18)5-12(19)15(21)22/h3-4,8-9,12-13,20H,1-2,5-6,19H2,(H,21,22). The van der Waals surface area contributed by atoms with E-state index in [9.17, 15) is 9.90 Å². The zero-order chi connectivity index (χ0) is 17.1. The van der Waals surface area contributed by atoms with E-state index in [2.05, 4.69) is 67.8 Å². The van der Waals surface area contributed by atoms with Gasteiger partial charge in [0.05, 0.1) is 13.2 Å². The first-order chi connectivity index (χ1) is 10.8. The van der Waals surface area contributed by atoms with Gasteiger partial charge in [0, 0.05) is 3.92 Å². The third kappa shape index (κ3) is 5.54. The van der Waals surface area contributed by atoms with Gasteiger partial charge in [-0.1, -0.05) is 22.6 Å². The number of carbonyl (C=O) groups is 1. The summed E-state index contributed by atoms with van der Waals surface area (Å²) < 4.78 is 8.30. The summed E-state index contributed by atoms with van der Waals surface area (Å²) in [6.07, 6.45) is 2.60. The largest absolute Gasteiger partial charge is 0.488 e. The van der Waals surface area contributed by atoms with Crippen LogP contribution < -0.4 is 10.5 Å². The van der Waals surface area contributed by atoms with Gasteiger partial charge < -0.3 is 20.7 Å². The van der Waals surface area contributed by atoms with E-state index in [1.165, 1.54) is 0 Å². The van der Waals surface area contributed by atoms with E-state index in [-0.39, 0.29) is 16.1 Å². The van der Waals surface area contributed by atoms with Gasteiger partial charge in [-0.2, -0.15) is 0 Å². The Morgan fingerprint density at radius 2 is 1.96 bits per heavy atom. The number of aliphatic carboxylic acids is 1. The molecule has 1 saturated carbocycles. The summed E-state index contributed by atoms with van der Waals surface area (Å²) in [5, 5.41) is 18.7. The average Bonchev–Trinajstić information content (AvgIpc) is 2.46. The SMILES string of the molecule is NC(Cc1cc(I)c(OC2CCC(O)C(I)C2)c(I)c1)C(=O)O. The topological polar surface area (TPSA) is 92.8 Å². The molecule has 0 spiro atoms. The first-order valence-electron chi connectivity index (χ1n) is 7.23. The second-order valence-corrected chi connectivity index (χ2v) is 9.60. The van der Waals surface area contributed by atoms with Crippen LogP contribution in [0.3, 0.4) is 0 Å². The highest BCUT2D eigenvalue weighted by Crippen LogP contribution is 2.34. The first kappa shape index (κ1) is 19.9. The molecule has 1 aliphatic carbocycles. The zero-order valence-electron chi connectivity index (χ0n) is 12.2. The van der Waals surface area contributed by atoms with Crippen LogP contribution in [0.5, 0.6) is 5.75 Å². The maximum Gasteiger partial charge on any atom is 0.320 e. The number of carboxylic acid groups (broad SMARTS) is 1. The average molecular weight is 657 g/mol. The van der Waals surface area contributed by atoms with Crippen LogP contribution in [0.25, 0.3) is 0 Å². The van der Waals surface area contributed by atoms with Gasteiger partial charge in [0.2, 0.25) is 0 Å². The molecule has 4 atom stereocenters. The number of alkyl halides is 1. The second kappa shape index (κ2) is 8.81. The van der Waals surface area contributed by atoms with Crippen LogP contribution in [0, 0.1) is 7.14 Å². The lowest BCUT2D eigenvalue weighted by Crippen LogP contribution is -2.35. The molecule has 128 valence electrons. The van der Waals surface area contributed by atoms with Crippen LogP contribution in [0.15, 0.2) is 12.1 Å². The van der Waals surface area contributed by atoms with Crippen LogP contribution in [-0.4, -0.2) is 38.4 Å². The van der Waals surface area contributed by atoms with Crippen molar-refractivity contribution in [3.63, 3.8) is 0 Å². The number of hydrogen-bond acceptors (Lipinski definition) is 4. The van der Waals surface area contributed by atoms with E-state index in [1.807, 2.05) is 12.1 Å². The molecule has 23 heavy (non-hydrogen) atoms. The van der Waals surface area contributed by atoms with E-state index in [4.69, 9.17) is 15.6 Å². The lowest BCUT2D eigenvalue weighted by molar-refractivity contribution is -0.138. The summed E-state index contributed by atoms with van der Waals surface area (Å²) in [5.41, 5.74) is 6.50. The van der Waals surface area contributed by atoms with Gasteiger partial charge in [-0.3, -0.25) is 4.79 Å². The van der Waals surface area contributed by atoms with Crippen molar-refractivity contribution in [1.82, 2.24) is 0 Å². The molecular formula is C15H18I3NO4. The Labute approximate surface area is 176 Å². The van der Waals surface area contributed by atoms with Gasteiger partial charge in [-0.15, -0.1) is 0 Å². The summed E-state index contributed by atoms with van der Waals surface area (Å²) in [6, 6.07) is 2.97. The summed E-state index contributed by atoms with van der Waals surface area (Å²) in [7, 11) is 0. The van der Waals surface area contributed by atoms with E-state index in [0.717, 1.165) is 37.7 Å². The predicted molar refractivity (Wildman–Crippen MR) is 113 cm³/mol. The fraction of sp³-hybridized carbons (Fsp3) is 0.533. The molecule has 1 aromatic rings. The molecule has 0 heterocycles. The monoisotopic (exact) mass is 657 g/mol. The number of aliphatic hydroxyl groups excluding tert-OH is 1. The molecule has 4 unspecified atom stereocenters. The fourth-order valence-electron chi connectivity index (χ4n) is 2.52. The van der Waals surface area contributed by atoms with Crippen LogP contribution >= 0.6 is 67.8 Å². The second-order valence-electron chi connectivity index (χ2n) is 5.67. The van der Waals surface area contributed by atoms with Crippen LogP contribution in [0.4, 0.5) is 0 Å². The van der Waals surface area contributed by atoms with Crippen LogP contribution in [-0.2, 0) is 11.2 Å². The van der Waals surface area contributed by atoms with Crippen LogP contribution in [0.2, 0.25) is 0 Å². The van der Waals surface area contributed by atoms with Crippen molar-refractivity contribution < 1.29 is 19.7 Å². The molecule has 0 bridgehead atoms.